The van der Waals surface area contributed by atoms with Crippen LogP contribution in [0.4, 0.5) is 0 Å². The van der Waals surface area contributed by atoms with Crippen molar-refractivity contribution in [2.45, 2.75) is 19.3 Å². The molecule has 4 heteroatoms. The minimum absolute atomic E-state index is 0.279. The fourth-order valence-electron chi connectivity index (χ4n) is 1.52. The zero-order valence-corrected chi connectivity index (χ0v) is 10.2. The molecule has 0 aromatic rings. The average molecular weight is 218 g/mol. The summed E-state index contributed by atoms with van der Waals surface area (Å²) in [5.74, 6) is 0. The van der Waals surface area contributed by atoms with Crippen LogP contribution >= 0.6 is 0 Å². The van der Waals surface area contributed by atoms with Crippen LogP contribution in [0.1, 0.15) is 19.3 Å². The van der Waals surface area contributed by atoms with E-state index >= 15 is 0 Å². The maximum absolute atomic E-state index is 8.67. The van der Waals surface area contributed by atoms with Gasteiger partial charge in [-0.3, -0.25) is 0 Å². The fourth-order valence-corrected chi connectivity index (χ4v) is 1.52. The highest BCUT2D eigenvalue weighted by Crippen LogP contribution is 1.93. The summed E-state index contributed by atoms with van der Waals surface area (Å²) in [6.07, 6.45) is 2.86. The van der Waals surface area contributed by atoms with Gasteiger partial charge in [-0.25, -0.2) is 0 Å². The third-order valence-corrected chi connectivity index (χ3v) is 2.48. The van der Waals surface area contributed by atoms with Crippen LogP contribution in [-0.2, 0) is 0 Å². The Bertz CT molecular complexity index is 120. The van der Waals surface area contributed by atoms with Crippen molar-refractivity contribution in [3.63, 3.8) is 0 Å². The molecular formula is C11H26N2O2. The summed E-state index contributed by atoms with van der Waals surface area (Å²) in [6.45, 7) is 4.64. The van der Waals surface area contributed by atoms with Crippen LogP contribution in [0.15, 0.2) is 0 Å². The Kier molecular flexibility index (Phi) is 10.3. The zero-order chi connectivity index (χ0) is 11.5. The van der Waals surface area contributed by atoms with E-state index in [-0.39, 0.29) is 13.2 Å². The Morgan fingerprint density at radius 3 is 1.33 bits per heavy atom. The first-order chi connectivity index (χ1) is 7.20. The van der Waals surface area contributed by atoms with Crippen molar-refractivity contribution >= 4 is 0 Å². The van der Waals surface area contributed by atoms with Crippen molar-refractivity contribution in [1.29, 1.82) is 0 Å². The molecule has 0 spiro atoms. The SMILES string of the molecule is CN(CCCO)CCCN(C)CCCO. The van der Waals surface area contributed by atoms with Gasteiger partial charge >= 0.3 is 0 Å². The number of hydrogen-bond donors (Lipinski definition) is 2. The number of hydrogen-bond acceptors (Lipinski definition) is 4. The molecule has 0 aromatic carbocycles. The topological polar surface area (TPSA) is 46.9 Å². The van der Waals surface area contributed by atoms with Gasteiger partial charge < -0.3 is 20.0 Å². The van der Waals surface area contributed by atoms with Crippen LogP contribution in [0.3, 0.4) is 0 Å². The van der Waals surface area contributed by atoms with Crippen molar-refractivity contribution in [2.24, 2.45) is 0 Å². The Morgan fingerprint density at radius 1 is 0.667 bits per heavy atom. The second-order valence-corrected chi connectivity index (χ2v) is 4.11. The third kappa shape index (κ3) is 10.1. The minimum Gasteiger partial charge on any atom is -0.396 e. The highest BCUT2D eigenvalue weighted by molar-refractivity contribution is 4.56. The lowest BCUT2D eigenvalue weighted by Crippen LogP contribution is -2.27. The first-order valence-corrected chi connectivity index (χ1v) is 5.79. The van der Waals surface area contributed by atoms with E-state index in [9.17, 15) is 0 Å². The molecule has 4 nitrogen and oxygen atoms in total. The summed E-state index contributed by atoms with van der Waals surface area (Å²) < 4.78 is 0. The lowest BCUT2D eigenvalue weighted by atomic mass is 10.3. The van der Waals surface area contributed by atoms with E-state index in [1.165, 1.54) is 0 Å². The van der Waals surface area contributed by atoms with Crippen molar-refractivity contribution in [3.8, 4) is 0 Å². The van der Waals surface area contributed by atoms with Gasteiger partial charge in [-0.1, -0.05) is 0 Å². The second kappa shape index (κ2) is 10.4. The number of nitrogens with zero attached hydrogens (tertiary/aromatic N) is 2. The van der Waals surface area contributed by atoms with Crippen molar-refractivity contribution in [2.75, 3.05) is 53.5 Å². The molecule has 0 aliphatic carbocycles. The molecule has 0 aliphatic rings. The van der Waals surface area contributed by atoms with Crippen LogP contribution in [-0.4, -0.2) is 73.5 Å². The van der Waals surface area contributed by atoms with Gasteiger partial charge in [0, 0.05) is 26.3 Å². The Labute approximate surface area is 93.5 Å². The van der Waals surface area contributed by atoms with Crippen molar-refractivity contribution < 1.29 is 10.2 Å². The first kappa shape index (κ1) is 14.8. The predicted octanol–water partition coefficient (Wildman–Crippen LogP) is 0.00490. The van der Waals surface area contributed by atoms with Crippen molar-refractivity contribution in [3.05, 3.63) is 0 Å². The molecule has 0 radical (unpaired) electrons. The van der Waals surface area contributed by atoms with E-state index in [2.05, 4.69) is 23.9 Å². The zero-order valence-electron chi connectivity index (χ0n) is 10.2. The summed E-state index contributed by atoms with van der Waals surface area (Å²) >= 11 is 0. The molecule has 0 amide bonds. The first-order valence-electron chi connectivity index (χ1n) is 5.79. The molecule has 15 heavy (non-hydrogen) atoms. The third-order valence-electron chi connectivity index (χ3n) is 2.48. The average Bonchev–Trinajstić information content (AvgIpc) is 2.23. The molecule has 2 N–H and O–H groups in total. The van der Waals surface area contributed by atoms with Gasteiger partial charge in [-0.05, 0) is 46.4 Å². The molecule has 0 heterocycles. The molecule has 0 saturated heterocycles. The van der Waals surface area contributed by atoms with Gasteiger partial charge in [-0.15, -0.1) is 0 Å². The summed E-state index contributed by atoms with van der Waals surface area (Å²) in [6, 6.07) is 0. The minimum atomic E-state index is 0.279. The lowest BCUT2D eigenvalue weighted by Gasteiger charge is -2.19. The van der Waals surface area contributed by atoms with Crippen molar-refractivity contribution in [1.82, 2.24) is 9.80 Å². The van der Waals surface area contributed by atoms with Crippen LogP contribution in [0.2, 0.25) is 0 Å². The molecule has 0 bridgehead atoms. The molecule has 0 rings (SSSR count). The largest absolute Gasteiger partial charge is 0.396 e. The maximum Gasteiger partial charge on any atom is 0.0443 e. The summed E-state index contributed by atoms with van der Waals surface area (Å²) in [7, 11) is 4.17. The summed E-state index contributed by atoms with van der Waals surface area (Å²) in [5.41, 5.74) is 0. The quantitative estimate of drug-likeness (QED) is 0.542. The molecule has 0 fully saturated rings. The predicted molar refractivity (Wildman–Crippen MR) is 63.0 cm³/mol. The van der Waals surface area contributed by atoms with E-state index in [1.54, 1.807) is 0 Å². The standard InChI is InChI=1S/C11H26N2O2/c1-12(8-4-10-14)6-3-7-13(2)9-5-11-15/h14-15H,3-11H2,1-2H3. The van der Waals surface area contributed by atoms with Gasteiger partial charge in [0.15, 0.2) is 0 Å². The fraction of sp³-hybridized carbons (Fsp3) is 1.00. The maximum atomic E-state index is 8.67. The monoisotopic (exact) mass is 218 g/mol. The molecule has 0 aliphatic heterocycles. The van der Waals surface area contributed by atoms with Gasteiger partial charge in [0.05, 0.1) is 0 Å². The van der Waals surface area contributed by atoms with E-state index in [0.717, 1.165) is 45.4 Å². The lowest BCUT2D eigenvalue weighted by molar-refractivity contribution is 0.226. The molecule has 0 aromatic heterocycles. The van der Waals surface area contributed by atoms with Crippen LogP contribution < -0.4 is 0 Å². The van der Waals surface area contributed by atoms with Crippen LogP contribution in [0, 0.1) is 0 Å². The number of rotatable bonds is 10. The molecule has 0 atom stereocenters. The Balaban J connectivity index is 3.27. The number of aliphatic hydroxyl groups is 2. The number of aliphatic hydroxyl groups excluding tert-OH is 2. The normalized spacial score (nSPS) is 11.6. The van der Waals surface area contributed by atoms with E-state index in [0.29, 0.717) is 0 Å². The Morgan fingerprint density at radius 2 is 1.00 bits per heavy atom. The molecule has 0 saturated carbocycles. The van der Waals surface area contributed by atoms with Gasteiger partial charge in [0.2, 0.25) is 0 Å². The highest BCUT2D eigenvalue weighted by Gasteiger charge is 2.00. The highest BCUT2D eigenvalue weighted by atomic mass is 16.3. The molecular weight excluding hydrogens is 192 g/mol. The summed E-state index contributed by atoms with van der Waals surface area (Å²) in [4.78, 5) is 4.49. The van der Waals surface area contributed by atoms with Gasteiger partial charge in [-0.2, -0.15) is 0 Å². The van der Waals surface area contributed by atoms with E-state index in [1.807, 2.05) is 0 Å². The van der Waals surface area contributed by atoms with Gasteiger partial charge in [0.1, 0.15) is 0 Å². The van der Waals surface area contributed by atoms with Gasteiger partial charge in [0.25, 0.3) is 0 Å². The molecule has 0 unspecified atom stereocenters. The molecule has 92 valence electrons. The van der Waals surface area contributed by atoms with E-state index in [4.69, 9.17) is 10.2 Å². The second-order valence-electron chi connectivity index (χ2n) is 4.11. The Hall–Kier alpha value is -0.160. The van der Waals surface area contributed by atoms with Crippen LogP contribution in [0.5, 0.6) is 0 Å². The summed E-state index contributed by atoms with van der Waals surface area (Å²) in [5, 5.41) is 17.3. The van der Waals surface area contributed by atoms with E-state index < -0.39 is 0 Å². The smallest absolute Gasteiger partial charge is 0.0443 e. The van der Waals surface area contributed by atoms with Crippen LogP contribution in [0.25, 0.3) is 0 Å².